The van der Waals surface area contributed by atoms with Crippen molar-refractivity contribution >= 4 is 11.0 Å². The molecule has 0 radical (unpaired) electrons. The van der Waals surface area contributed by atoms with Gasteiger partial charge in [0.2, 0.25) is 0 Å². The van der Waals surface area contributed by atoms with Gasteiger partial charge in [-0.25, -0.2) is 9.18 Å². The summed E-state index contributed by atoms with van der Waals surface area (Å²) in [5.74, 6) is 1.16. The molecule has 2 aromatic carbocycles. The van der Waals surface area contributed by atoms with Crippen LogP contribution >= 0.6 is 0 Å². The number of aromatic amines is 1. The summed E-state index contributed by atoms with van der Waals surface area (Å²) < 4.78 is 27.6. The molecule has 28 heavy (non-hydrogen) atoms. The first-order valence-electron chi connectivity index (χ1n) is 9.68. The maximum absolute atomic E-state index is 14.0. The summed E-state index contributed by atoms with van der Waals surface area (Å²) >= 11 is 0. The Bertz CT molecular complexity index is 1060. The standard InChI is InChI=1S/C21H22FN3O3/c22-16-6-3-7-17-20(16)23-21(26)25(17)14-5-4-10-24(11-14)12-15-13-27-18-8-1-2-9-19(18)28-15/h1-3,6-9,14-15H,4-5,10-13H2,(H,23,26). The molecule has 3 heterocycles. The number of hydrogen-bond donors (Lipinski definition) is 1. The number of benzene rings is 2. The van der Waals surface area contributed by atoms with E-state index in [0.29, 0.717) is 12.1 Å². The predicted molar refractivity (Wildman–Crippen MR) is 104 cm³/mol. The lowest BCUT2D eigenvalue weighted by molar-refractivity contribution is 0.0462. The number of halogens is 1. The monoisotopic (exact) mass is 383 g/mol. The van der Waals surface area contributed by atoms with Gasteiger partial charge in [-0.15, -0.1) is 0 Å². The Labute approximate surface area is 161 Å². The number of rotatable bonds is 3. The highest BCUT2D eigenvalue weighted by Gasteiger charge is 2.28. The summed E-state index contributed by atoms with van der Waals surface area (Å²) in [5, 5.41) is 0. The van der Waals surface area contributed by atoms with Crippen LogP contribution in [0.2, 0.25) is 0 Å². The van der Waals surface area contributed by atoms with E-state index >= 15 is 0 Å². The van der Waals surface area contributed by atoms with E-state index in [2.05, 4.69) is 9.88 Å². The quantitative estimate of drug-likeness (QED) is 0.756. The third-order valence-corrected chi connectivity index (χ3v) is 5.58. The van der Waals surface area contributed by atoms with Crippen LogP contribution in [0.3, 0.4) is 0 Å². The number of nitrogens with zero attached hydrogens (tertiary/aromatic N) is 2. The van der Waals surface area contributed by atoms with Crippen molar-refractivity contribution in [3.63, 3.8) is 0 Å². The van der Waals surface area contributed by atoms with Crippen LogP contribution in [0.1, 0.15) is 18.9 Å². The van der Waals surface area contributed by atoms with Crippen LogP contribution in [-0.4, -0.2) is 46.8 Å². The molecule has 2 unspecified atom stereocenters. The second-order valence-corrected chi connectivity index (χ2v) is 7.49. The van der Waals surface area contributed by atoms with Crippen molar-refractivity contribution in [2.75, 3.05) is 26.2 Å². The maximum atomic E-state index is 14.0. The van der Waals surface area contributed by atoms with Crippen molar-refractivity contribution in [1.82, 2.24) is 14.5 Å². The molecule has 0 saturated carbocycles. The molecule has 5 rings (SSSR count). The molecular formula is C21H22FN3O3. The lowest BCUT2D eigenvalue weighted by Crippen LogP contribution is -2.46. The minimum atomic E-state index is -0.396. The first-order valence-corrected chi connectivity index (χ1v) is 9.68. The molecular weight excluding hydrogens is 361 g/mol. The van der Waals surface area contributed by atoms with E-state index in [1.165, 1.54) is 6.07 Å². The van der Waals surface area contributed by atoms with Crippen LogP contribution < -0.4 is 15.2 Å². The SMILES string of the molecule is O=c1[nH]c2c(F)cccc2n1C1CCCN(CC2COc3ccccc3O2)C1. The van der Waals surface area contributed by atoms with Crippen molar-refractivity contribution < 1.29 is 13.9 Å². The highest BCUT2D eigenvalue weighted by atomic mass is 19.1. The molecule has 3 aromatic rings. The Morgan fingerprint density at radius 2 is 2.00 bits per heavy atom. The average molecular weight is 383 g/mol. The predicted octanol–water partition coefficient (Wildman–Crippen LogP) is 2.95. The number of H-pyrrole nitrogens is 1. The van der Waals surface area contributed by atoms with Crippen LogP contribution in [-0.2, 0) is 0 Å². The van der Waals surface area contributed by atoms with E-state index in [0.717, 1.165) is 44.0 Å². The van der Waals surface area contributed by atoms with Gasteiger partial charge in [0.25, 0.3) is 0 Å². The number of piperidine rings is 1. The Balaban J connectivity index is 1.33. The summed E-state index contributed by atoms with van der Waals surface area (Å²) in [6.45, 7) is 2.92. The summed E-state index contributed by atoms with van der Waals surface area (Å²) in [5.41, 5.74) is 0.659. The van der Waals surface area contributed by atoms with Gasteiger partial charge >= 0.3 is 5.69 Å². The van der Waals surface area contributed by atoms with Gasteiger partial charge in [0, 0.05) is 13.1 Å². The van der Waals surface area contributed by atoms with Gasteiger partial charge in [0.15, 0.2) is 11.5 Å². The van der Waals surface area contributed by atoms with Gasteiger partial charge in [-0.1, -0.05) is 18.2 Å². The first-order chi connectivity index (χ1) is 13.7. The van der Waals surface area contributed by atoms with Crippen molar-refractivity contribution in [2.45, 2.75) is 25.0 Å². The largest absolute Gasteiger partial charge is 0.486 e. The Hall–Kier alpha value is -2.80. The maximum Gasteiger partial charge on any atom is 0.326 e. The molecule has 2 atom stereocenters. The van der Waals surface area contributed by atoms with E-state index in [1.54, 1.807) is 16.7 Å². The third kappa shape index (κ3) is 3.05. The number of nitrogens with one attached hydrogen (secondary N) is 1. The second kappa shape index (κ2) is 6.98. The van der Waals surface area contributed by atoms with Crippen molar-refractivity contribution in [2.24, 2.45) is 0 Å². The summed E-state index contributed by atoms with van der Waals surface area (Å²) in [6.07, 6.45) is 1.82. The number of likely N-dealkylation sites (tertiary alicyclic amines) is 1. The zero-order chi connectivity index (χ0) is 19.1. The summed E-state index contributed by atoms with van der Waals surface area (Å²) in [6, 6.07) is 12.5. The number of para-hydroxylation sites is 3. The lowest BCUT2D eigenvalue weighted by Gasteiger charge is -2.36. The third-order valence-electron chi connectivity index (χ3n) is 5.58. The number of ether oxygens (including phenoxy) is 2. The molecule has 0 amide bonds. The van der Waals surface area contributed by atoms with Gasteiger partial charge in [-0.2, -0.15) is 0 Å². The van der Waals surface area contributed by atoms with E-state index in [9.17, 15) is 9.18 Å². The van der Waals surface area contributed by atoms with Gasteiger partial charge in [0.05, 0.1) is 11.6 Å². The Morgan fingerprint density at radius 1 is 1.14 bits per heavy atom. The van der Waals surface area contributed by atoms with Gasteiger partial charge < -0.3 is 14.5 Å². The van der Waals surface area contributed by atoms with E-state index in [1.807, 2.05) is 24.3 Å². The second-order valence-electron chi connectivity index (χ2n) is 7.49. The molecule has 0 bridgehead atoms. The molecule has 1 aromatic heterocycles. The summed E-state index contributed by atoms with van der Waals surface area (Å²) in [7, 11) is 0. The zero-order valence-electron chi connectivity index (χ0n) is 15.4. The minimum Gasteiger partial charge on any atom is -0.486 e. The molecule has 1 N–H and O–H groups in total. The summed E-state index contributed by atoms with van der Waals surface area (Å²) in [4.78, 5) is 17.5. The highest BCUT2D eigenvalue weighted by molar-refractivity contribution is 5.75. The van der Waals surface area contributed by atoms with Crippen molar-refractivity contribution in [3.05, 3.63) is 58.8 Å². The van der Waals surface area contributed by atoms with E-state index in [-0.39, 0.29) is 23.4 Å². The zero-order valence-corrected chi connectivity index (χ0v) is 15.4. The molecule has 1 saturated heterocycles. The Kier molecular flexibility index (Phi) is 4.31. The van der Waals surface area contributed by atoms with Gasteiger partial charge in [-0.05, 0) is 43.7 Å². The van der Waals surface area contributed by atoms with Crippen molar-refractivity contribution in [3.8, 4) is 11.5 Å². The van der Waals surface area contributed by atoms with Crippen LogP contribution in [0.15, 0.2) is 47.3 Å². The minimum absolute atomic E-state index is 0.00796. The first kappa shape index (κ1) is 17.3. The molecule has 0 spiro atoms. The molecule has 2 aliphatic heterocycles. The number of imidazole rings is 1. The van der Waals surface area contributed by atoms with Crippen LogP contribution in [0.5, 0.6) is 11.5 Å². The van der Waals surface area contributed by atoms with Gasteiger partial charge in [-0.3, -0.25) is 9.47 Å². The Morgan fingerprint density at radius 3 is 2.89 bits per heavy atom. The van der Waals surface area contributed by atoms with Crippen LogP contribution in [0, 0.1) is 5.82 Å². The number of fused-ring (bicyclic) bond motifs is 2. The topological polar surface area (TPSA) is 59.5 Å². The van der Waals surface area contributed by atoms with E-state index < -0.39 is 5.82 Å². The van der Waals surface area contributed by atoms with Gasteiger partial charge in [0.1, 0.15) is 24.0 Å². The van der Waals surface area contributed by atoms with E-state index in [4.69, 9.17) is 9.47 Å². The molecule has 146 valence electrons. The number of hydrogen-bond acceptors (Lipinski definition) is 4. The van der Waals surface area contributed by atoms with Crippen LogP contribution in [0.25, 0.3) is 11.0 Å². The highest BCUT2D eigenvalue weighted by Crippen LogP contribution is 2.32. The smallest absolute Gasteiger partial charge is 0.326 e. The molecule has 0 aliphatic carbocycles. The molecule has 2 aliphatic rings. The normalized spacial score (nSPS) is 22.5. The average Bonchev–Trinajstić information content (AvgIpc) is 3.05. The lowest BCUT2D eigenvalue weighted by atomic mass is 10.0. The number of aromatic nitrogens is 2. The fourth-order valence-corrected chi connectivity index (χ4v) is 4.33. The molecule has 6 nitrogen and oxygen atoms in total. The molecule has 7 heteroatoms. The van der Waals surface area contributed by atoms with Crippen molar-refractivity contribution in [1.29, 1.82) is 0 Å². The fourth-order valence-electron chi connectivity index (χ4n) is 4.33. The van der Waals surface area contributed by atoms with Crippen LogP contribution in [0.4, 0.5) is 4.39 Å². The molecule has 1 fully saturated rings. The fraction of sp³-hybridized carbons (Fsp3) is 0.381.